The summed E-state index contributed by atoms with van der Waals surface area (Å²) in [5.74, 6) is 1.94. The van der Waals surface area contributed by atoms with Crippen molar-refractivity contribution in [3.63, 3.8) is 0 Å². The first-order valence-electron chi connectivity index (χ1n) is 9.27. The van der Waals surface area contributed by atoms with Crippen molar-refractivity contribution in [1.29, 1.82) is 5.26 Å². The number of ether oxygens (including phenoxy) is 1. The Hall–Kier alpha value is -2.44. The van der Waals surface area contributed by atoms with Gasteiger partial charge in [0.25, 0.3) is 0 Å². The van der Waals surface area contributed by atoms with Gasteiger partial charge in [-0.3, -0.25) is 0 Å². The predicted octanol–water partition coefficient (Wildman–Crippen LogP) is 1.64. The van der Waals surface area contributed by atoms with Gasteiger partial charge in [-0.15, -0.1) is 0 Å². The smallest absolute Gasteiger partial charge is 0.225 e. The summed E-state index contributed by atoms with van der Waals surface area (Å²) in [5.41, 5.74) is 5.93. The molecule has 0 bridgehead atoms. The highest BCUT2D eigenvalue weighted by Gasteiger charge is 2.23. The van der Waals surface area contributed by atoms with Crippen LogP contribution in [-0.2, 0) is 0 Å². The number of rotatable bonds is 5. The van der Waals surface area contributed by atoms with E-state index in [1.165, 1.54) is 11.3 Å². The highest BCUT2D eigenvalue weighted by molar-refractivity contribution is 7.16. The standard InChI is InChI=1S/C18H23N7OS/c19-7-16-10-23-18(27-16)24-4-1-13(2-5-24)12-26-15-8-21-17(22-9-15)25-6-3-14(20)11-25/h8-10,13-14H,1-6,11-12,20H2. The molecule has 2 fully saturated rings. The van der Waals surface area contributed by atoms with Crippen molar-refractivity contribution < 1.29 is 4.74 Å². The zero-order valence-electron chi connectivity index (χ0n) is 15.1. The van der Waals surface area contributed by atoms with Gasteiger partial charge in [-0.2, -0.15) is 5.26 Å². The van der Waals surface area contributed by atoms with Crippen LogP contribution in [-0.4, -0.2) is 53.8 Å². The number of aromatic nitrogens is 3. The lowest BCUT2D eigenvalue weighted by Gasteiger charge is -2.31. The van der Waals surface area contributed by atoms with Gasteiger partial charge in [0.2, 0.25) is 5.95 Å². The molecule has 0 amide bonds. The van der Waals surface area contributed by atoms with E-state index < -0.39 is 0 Å². The summed E-state index contributed by atoms with van der Waals surface area (Å²) in [5, 5.41) is 9.87. The van der Waals surface area contributed by atoms with Crippen molar-refractivity contribution in [2.24, 2.45) is 11.7 Å². The van der Waals surface area contributed by atoms with Gasteiger partial charge >= 0.3 is 0 Å². The van der Waals surface area contributed by atoms with Gasteiger partial charge < -0.3 is 20.3 Å². The minimum atomic E-state index is 0.214. The molecule has 2 saturated heterocycles. The number of thiazole rings is 1. The number of nitriles is 1. The maximum Gasteiger partial charge on any atom is 0.225 e. The Kier molecular flexibility index (Phi) is 5.36. The highest BCUT2D eigenvalue weighted by atomic mass is 32.1. The molecule has 2 aromatic rings. The molecule has 2 N–H and O–H groups in total. The molecule has 0 aliphatic carbocycles. The van der Waals surface area contributed by atoms with E-state index in [-0.39, 0.29) is 6.04 Å². The minimum absolute atomic E-state index is 0.214. The second-order valence-electron chi connectivity index (χ2n) is 7.07. The van der Waals surface area contributed by atoms with Crippen molar-refractivity contribution in [2.75, 3.05) is 42.6 Å². The molecule has 1 atom stereocenters. The number of nitrogens with zero attached hydrogens (tertiary/aromatic N) is 6. The van der Waals surface area contributed by atoms with E-state index in [2.05, 4.69) is 30.8 Å². The third-order valence-corrected chi connectivity index (χ3v) is 6.06. The molecule has 1 unspecified atom stereocenters. The van der Waals surface area contributed by atoms with Crippen LogP contribution in [0.25, 0.3) is 0 Å². The van der Waals surface area contributed by atoms with Crippen LogP contribution in [0.2, 0.25) is 0 Å². The van der Waals surface area contributed by atoms with Gasteiger partial charge in [-0.05, 0) is 25.2 Å². The molecular formula is C18H23N7OS. The van der Waals surface area contributed by atoms with Crippen molar-refractivity contribution in [3.05, 3.63) is 23.5 Å². The van der Waals surface area contributed by atoms with E-state index in [0.29, 0.717) is 23.2 Å². The summed E-state index contributed by atoms with van der Waals surface area (Å²) in [6, 6.07) is 2.36. The number of nitrogens with two attached hydrogens (primary N) is 1. The lowest BCUT2D eigenvalue weighted by molar-refractivity contribution is 0.221. The Balaban J connectivity index is 1.23. The van der Waals surface area contributed by atoms with E-state index >= 15 is 0 Å². The highest BCUT2D eigenvalue weighted by Crippen LogP contribution is 2.27. The summed E-state index contributed by atoms with van der Waals surface area (Å²) in [4.78, 5) is 18.2. The molecule has 4 rings (SSSR count). The molecule has 0 radical (unpaired) electrons. The number of hydrogen-bond acceptors (Lipinski definition) is 9. The first-order valence-corrected chi connectivity index (χ1v) is 10.1. The zero-order valence-corrected chi connectivity index (χ0v) is 15.9. The van der Waals surface area contributed by atoms with E-state index in [4.69, 9.17) is 15.7 Å². The van der Waals surface area contributed by atoms with E-state index in [9.17, 15) is 0 Å². The van der Waals surface area contributed by atoms with E-state index in [1.54, 1.807) is 18.6 Å². The van der Waals surface area contributed by atoms with Crippen LogP contribution >= 0.6 is 11.3 Å². The molecule has 27 heavy (non-hydrogen) atoms. The molecular weight excluding hydrogens is 362 g/mol. The summed E-state index contributed by atoms with van der Waals surface area (Å²) in [7, 11) is 0. The van der Waals surface area contributed by atoms with Gasteiger partial charge in [0.1, 0.15) is 10.9 Å². The Morgan fingerprint density at radius 3 is 2.48 bits per heavy atom. The SMILES string of the molecule is N#Cc1cnc(N2CCC(COc3cnc(N4CCC(N)C4)nc3)CC2)s1. The van der Waals surface area contributed by atoms with Gasteiger partial charge in [-0.1, -0.05) is 11.3 Å². The number of hydrogen-bond donors (Lipinski definition) is 1. The molecule has 0 spiro atoms. The van der Waals surface area contributed by atoms with Gasteiger partial charge in [-0.25, -0.2) is 15.0 Å². The third kappa shape index (κ3) is 4.28. The largest absolute Gasteiger partial charge is 0.490 e. The van der Waals surface area contributed by atoms with Crippen molar-refractivity contribution in [2.45, 2.75) is 25.3 Å². The zero-order chi connectivity index (χ0) is 18.6. The topological polar surface area (TPSA) is 104 Å². The van der Waals surface area contributed by atoms with E-state index in [0.717, 1.165) is 56.5 Å². The first kappa shape index (κ1) is 17.9. The minimum Gasteiger partial charge on any atom is -0.490 e. The average molecular weight is 385 g/mol. The lowest BCUT2D eigenvalue weighted by Crippen LogP contribution is -2.35. The molecule has 8 nitrogen and oxygen atoms in total. The lowest BCUT2D eigenvalue weighted by atomic mass is 9.98. The monoisotopic (exact) mass is 385 g/mol. The summed E-state index contributed by atoms with van der Waals surface area (Å²) in [6.45, 7) is 4.28. The molecule has 2 aromatic heterocycles. The van der Waals surface area contributed by atoms with Crippen LogP contribution in [0.15, 0.2) is 18.6 Å². The molecule has 0 aromatic carbocycles. The third-order valence-electron chi connectivity index (χ3n) is 5.10. The Labute approximate surface area is 162 Å². The maximum absolute atomic E-state index is 8.93. The molecule has 9 heteroatoms. The van der Waals surface area contributed by atoms with Crippen LogP contribution in [0.4, 0.5) is 11.1 Å². The predicted molar refractivity (Wildman–Crippen MR) is 104 cm³/mol. The maximum atomic E-state index is 8.93. The second kappa shape index (κ2) is 8.06. The summed E-state index contributed by atoms with van der Waals surface area (Å²) < 4.78 is 5.90. The van der Waals surface area contributed by atoms with Crippen LogP contribution in [0.1, 0.15) is 24.1 Å². The Morgan fingerprint density at radius 1 is 1.11 bits per heavy atom. The molecule has 4 heterocycles. The van der Waals surface area contributed by atoms with E-state index in [1.807, 2.05) is 0 Å². The Bertz CT molecular complexity index is 795. The Morgan fingerprint density at radius 2 is 1.85 bits per heavy atom. The molecule has 2 aliphatic rings. The summed E-state index contributed by atoms with van der Waals surface area (Å²) >= 11 is 1.46. The number of anilines is 2. The fourth-order valence-electron chi connectivity index (χ4n) is 3.48. The first-order chi connectivity index (χ1) is 13.2. The fraction of sp³-hybridized carbons (Fsp3) is 0.556. The molecule has 142 valence electrons. The van der Waals surface area contributed by atoms with Crippen LogP contribution in [0.3, 0.4) is 0 Å². The molecule has 0 saturated carbocycles. The van der Waals surface area contributed by atoms with Crippen LogP contribution < -0.4 is 20.3 Å². The van der Waals surface area contributed by atoms with Crippen molar-refractivity contribution in [3.8, 4) is 11.8 Å². The number of piperidine rings is 1. The second-order valence-corrected chi connectivity index (χ2v) is 8.08. The fourth-order valence-corrected chi connectivity index (χ4v) is 4.25. The van der Waals surface area contributed by atoms with Crippen LogP contribution in [0.5, 0.6) is 5.75 Å². The van der Waals surface area contributed by atoms with Crippen molar-refractivity contribution >= 4 is 22.4 Å². The van der Waals surface area contributed by atoms with Crippen LogP contribution in [0, 0.1) is 17.2 Å². The summed E-state index contributed by atoms with van der Waals surface area (Å²) in [6.07, 6.45) is 8.23. The van der Waals surface area contributed by atoms with Gasteiger partial charge in [0.15, 0.2) is 10.9 Å². The van der Waals surface area contributed by atoms with Gasteiger partial charge in [0, 0.05) is 32.2 Å². The van der Waals surface area contributed by atoms with Crippen molar-refractivity contribution in [1.82, 2.24) is 15.0 Å². The molecule has 2 aliphatic heterocycles. The average Bonchev–Trinajstić information content (AvgIpc) is 3.36. The van der Waals surface area contributed by atoms with Gasteiger partial charge in [0.05, 0.1) is 25.2 Å². The normalized spacial score (nSPS) is 20.7. The quantitative estimate of drug-likeness (QED) is 0.828.